The number of carbonyl (C=O) groups is 1. The van der Waals surface area contributed by atoms with Gasteiger partial charge in [-0.05, 0) is 36.4 Å². The molecule has 2 aromatic carbocycles. The summed E-state index contributed by atoms with van der Waals surface area (Å²) in [4.78, 5) is 11.0. The lowest BCUT2D eigenvalue weighted by atomic mass is 10.1. The molecule has 124 valence electrons. The fourth-order valence-electron chi connectivity index (χ4n) is 2.31. The van der Waals surface area contributed by atoms with Crippen LogP contribution < -0.4 is 5.73 Å². The summed E-state index contributed by atoms with van der Waals surface area (Å²) in [6.45, 7) is -0.382. The molecular weight excluding hydrogens is 321 g/mol. The van der Waals surface area contributed by atoms with Crippen LogP contribution in [0.15, 0.2) is 54.6 Å². The van der Waals surface area contributed by atoms with E-state index in [-0.39, 0.29) is 18.2 Å². The first-order chi connectivity index (χ1) is 12.0. The summed E-state index contributed by atoms with van der Waals surface area (Å²) in [5.41, 5.74) is 8.27. The van der Waals surface area contributed by atoms with Gasteiger partial charge in [0.25, 0.3) is 0 Å². The minimum absolute atomic E-state index is 0.158. The number of nitrogens with two attached hydrogens (primary N) is 1. The smallest absolute Gasteiger partial charge is 0.325 e. The van der Waals surface area contributed by atoms with Crippen LogP contribution in [0.3, 0.4) is 0 Å². The van der Waals surface area contributed by atoms with Crippen LogP contribution in [-0.4, -0.2) is 20.9 Å². The van der Waals surface area contributed by atoms with E-state index >= 15 is 0 Å². The SMILES string of the molecule is Nc1c(C#Cc2ccccc2)c(-c2ccc(F)cc2)nn1CC(=O)O. The third-order valence-corrected chi connectivity index (χ3v) is 3.50. The number of aliphatic carboxylic acids is 1. The van der Waals surface area contributed by atoms with Crippen molar-refractivity contribution in [1.82, 2.24) is 9.78 Å². The van der Waals surface area contributed by atoms with E-state index in [1.165, 1.54) is 16.8 Å². The molecular formula is C19H14FN3O2. The highest BCUT2D eigenvalue weighted by Gasteiger charge is 2.17. The van der Waals surface area contributed by atoms with Gasteiger partial charge in [-0.15, -0.1) is 0 Å². The fraction of sp³-hybridized carbons (Fsp3) is 0.0526. The molecule has 1 aromatic heterocycles. The fourth-order valence-corrected chi connectivity index (χ4v) is 2.31. The Bertz CT molecular complexity index is 968. The molecule has 6 heteroatoms. The van der Waals surface area contributed by atoms with Gasteiger partial charge in [0.1, 0.15) is 23.9 Å². The molecule has 1 heterocycles. The highest BCUT2D eigenvalue weighted by molar-refractivity contribution is 5.75. The molecule has 5 nitrogen and oxygen atoms in total. The van der Waals surface area contributed by atoms with Crippen molar-refractivity contribution < 1.29 is 14.3 Å². The number of anilines is 1. The van der Waals surface area contributed by atoms with Crippen LogP contribution in [0.4, 0.5) is 10.2 Å². The molecule has 3 N–H and O–H groups in total. The Kier molecular flexibility index (Phi) is 4.48. The van der Waals surface area contributed by atoms with Crippen molar-refractivity contribution in [3.63, 3.8) is 0 Å². The van der Waals surface area contributed by atoms with E-state index < -0.39 is 5.97 Å². The summed E-state index contributed by atoms with van der Waals surface area (Å²) >= 11 is 0. The van der Waals surface area contributed by atoms with Crippen molar-refractivity contribution in [3.05, 3.63) is 71.5 Å². The molecule has 0 bridgehead atoms. The van der Waals surface area contributed by atoms with Crippen LogP contribution in [0.1, 0.15) is 11.1 Å². The van der Waals surface area contributed by atoms with Gasteiger partial charge in [-0.25, -0.2) is 9.07 Å². The predicted molar refractivity (Wildman–Crippen MR) is 92.1 cm³/mol. The van der Waals surface area contributed by atoms with Crippen molar-refractivity contribution in [1.29, 1.82) is 0 Å². The third-order valence-electron chi connectivity index (χ3n) is 3.50. The maximum Gasteiger partial charge on any atom is 0.325 e. The summed E-state index contributed by atoms with van der Waals surface area (Å²) in [7, 11) is 0. The average molecular weight is 335 g/mol. The molecule has 0 spiro atoms. The highest BCUT2D eigenvalue weighted by Crippen LogP contribution is 2.27. The van der Waals surface area contributed by atoms with Crippen LogP contribution >= 0.6 is 0 Å². The molecule has 3 rings (SSSR count). The molecule has 0 aliphatic heterocycles. The molecule has 0 saturated carbocycles. The van der Waals surface area contributed by atoms with Crippen molar-refractivity contribution in [2.24, 2.45) is 0 Å². The zero-order chi connectivity index (χ0) is 17.8. The first-order valence-electron chi connectivity index (χ1n) is 7.45. The Balaban J connectivity index is 2.11. The van der Waals surface area contributed by atoms with E-state index in [0.717, 1.165) is 5.56 Å². The van der Waals surface area contributed by atoms with Crippen molar-refractivity contribution in [3.8, 4) is 23.1 Å². The van der Waals surface area contributed by atoms with Crippen LogP contribution in [-0.2, 0) is 11.3 Å². The predicted octanol–water partition coefficient (Wildman–Crippen LogP) is 2.76. The van der Waals surface area contributed by atoms with Crippen molar-refractivity contribution >= 4 is 11.8 Å². The van der Waals surface area contributed by atoms with E-state index in [1.54, 1.807) is 12.1 Å². The first kappa shape index (κ1) is 16.3. The molecule has 0 amide bonds. The topological polar surface area (TPSA) is 81.1 Å². The second kappa shape index (κ2) is 6.89. The highest BCUT2D eigenvalue weighted by atomic mass is 19.1. The molecule has 3 aromatic rings. The Labute approximate surface area is 143 Å². The molecule has 0 unspecified atom stereocenters. The largest absolute Gasteiger partial charge is 0.480 e. The second-order valence-corrected chi connectivity index (χ2v) is 5.28. The van der Waals surface area contributed by atoms with E-state index in [0.29, 0.717) is 16.8 Å². The van der Waals surface area contributed by atoms with Crippen LogP contribution in [0, 0.1) is 17.7 Å². The number of benzene rings is 2. The standard InChI is InChI=1S/C19H14FN3O2/c20-15-9-7-14(8-10-15)18-16(11-6-13-4-2-1-3-5-13)19(21)23(22-18)12-17(24)25/h1-5,7-10H,12,21H2,(H,24,25). The van der Waals surface area contributed by atoms with Gasteiger partial charge < -0.3 is 10.8 Å². The quantitative estimate of drug-likeness (QED) is 0.721. The van der Waals surface area contributed by atoms with Gasteiger partial charge in [0.15, 0.2) is 0 Å². The molecule has 0 aliphatic carbocycles. The number of aromatic nitrogens is 2. The van der Waals surface area contributed by atoms with E-state index in [1.807, 2.05) is 30.3 Å². The molecule has 0 atom stereocenters. The molecule has 0 radical (unpaired) electrons. The molecule has 0 aliphatic rings. The summed E-state index contributed by atoms with van der Waals surface area (Å²) in [6, 6.07) is 15.0. The zero-order valence-electron chi connectivity index (χ0n) is 13.1. The third kappa shape index (κ3) is 3.67. The van der Waals surface area contributed by atoms with Gasteiger partial charge in [0, 0.05) is 11.1 Å². The van der Waals surface area contributed by atoms with Crippen LogP contribution in [0.25, 0.3) is 11.3 Å². The van der Waals surface area contributed by atoms with Crippen molar-refractivity contribution in [2.45, 2.75) is 6.54 Å². The monoisotopic (exact) mass is 335 g/mol. The molecule has 25 heavy (non-hydrogen) atoms. The summed E-state index contributed by atoms with van der Waals surface area (Å²) in [6.07, 6.45) is 0. The maximum absolute atomic E-state index is 13.2. The number of nitrogen functional groups attached to an aromatic ring is 1. The zero-order valence-corrected chi connectivity index (χ0v) is 13.1. The number of rotatable bonds is 3. The van der Waals surface area contributed by atoms with Gasteiger partial charge in [-0.3, -0.25) is 4.79 Å². The normalized spacial score (nSPS) is 10.1. The van der Waals surface area contributed by atoms with E-state index in [2.05, 4.69) is 16.9 Å². The Morgan fingerprint density at radius 1 is 1.12 bits per heavy atom. The minimum Gasteiger partial charge on any atom is -0.480 e. The summed E-state index contributed by atoms with van der Waals surface area (Å²) < 4.78 is 14.3. The van der Waals surface area contributed by atoms with E-state index in [4.69, 9.17) is 10.8 Å². The average Bonchev–Trinajstić information content (AvgIpc) is 2.90. The van der Waals surface area contributed by atoms with Crippen LogP contribution in [0.5, 0.6) is 0 Å². The van der Waals surface area contributed by atoms with Gasteiger partial charge >= 0.3 is 5.97 Å². The van der Waals surface area contributed by atoms with Crippen molar-refractivity contribution in [2.75, 3.05) is 5.73 Å². The van der Waals surface area contributed by atoms with Gasteiger partial charge in [-0.2, -0.15) is 5.10 Å². The number of hydrogen-bond donors (Lipinski definition) is 2. The number of nitrogens with zero attached hydrogens (tertiary/aromatic N) is 2. The van der Waals surface area contributed by atoms with Gasteiger partial charge in [0.2, 0.25) is 0 Å². The number of hydrogen-bond acceptors (Lipinski definition) is 3. The summed E-state index contributed by atoms with van der Waals surface area (Å²) in [5, 5.41) is 13.3. The Hall–Kier alpha value is -3.59. The lowest BCUT2D eigenvalue weighted by Crippen LogP contribution is -2.12. The van der Waals surface area contributed by atoms with Gasteiger partial charge in [0.05, 0.1) is 5.56 Å². The van der Waals surface area contributed by atoms with E-state index in [9.17, 15) is 9.18 Å². The number of carboxylic acid groups (broad SMARTS) is 1. The van der Waals surface area contributed by atoms with Gasteiger partial charge in [-0.1, -0.05) is 30.0 Å². The number of halogens is 1. The maximum atomic E-state index is 13.2. The van der Waals surface area contributed by atoms with Crippen LogP contribution in [0.2, 0.25) is 0 Å². The Morgan fingerprint density at radius 3 is 2.44 bits per heavy atom. The first-order valence-corrected chi connectivity index (χ1v) is 7.45. The minimum atomic E-state index is -1.07. The molecule has 0 fully saturated rings. The summed E-state index contributed by atoms with van der Waals surface area (Å²) in [5.74, 6) is 4.66. The lowest BCUT2D eigenvalue weighted by Gasteiger charge is -1.98. The lowest BCUT2D eigenvalue weighted by molar-refractivity contribution is -0.137. The second-order valence-electron chi connectivity index (χ2n) is 5.28. The molecule has 0 saturated heterocycles. The Morgan fingerprint density at radius 2 is 1.80 bits per heavy atom. The number of carboxylic acids is 1.